The number of rotatable bonds is 42. The predicted octanol–water partition coefficient (Wildman–Crippen LogP) is 13.4. The predicted molar refractivity (Wildman–Crippen MR) is 337 cm³/mol. The van der Waals surface area contributed by atoms with Crippen LogP contribution < -0.4 is 44.2 Å². The van der Waals surface area contributed by atoms with Crippen LogP contribution in [0.25, 0.3) is 0 Å². The Labute approximate surface area is 496 Å². The highest BCUT2D eigenvalue weighted by atomic mass is 16.4. The standard InChI is InChI=1S/C66H94N8O10/c1-4-6-37-66(3,65(84)74-57-35-21-31-53(70)43-57)44-49(64(82)83)27-13-9-7-8-12-23-45(62(78)79)24-14-10-15-25-46(39-59(75)71-54-32-18-28-50(67)40-54)58(61(77)73-56-34-20-30-52(69)42-56)36-17-11-16-26-47(38-48(22-5-2)63(80)81)60(76)72-55-33-19-29-51(68)41-55/h4,18-21,28-35,40-43,45-49,58H,1,5-17,22-27,36-39,44,67-70H2,2-3H3,(H,71,75)(H,72,76)(H,73,77)(H,74,84)(H,78,79)(H,80,81)(H,82,83). The number of carbonyl (C=O) groups excluding carboxylic acids is 4. The number of unbranched alkanes of at least 4 members (excludes halogenated alkanes) is 8. The van der Waals surface area contributed by atoms with Crippen LogP contribution in [0, 0.1) is 40.9 Å². The topological polar surface area (TPSA) is 332 Å². The fourth-order valence-electron chi connectivity index (χ4n) is 11.3. The van der Waals surface area contributed by atoms with Crippen molar-refractivity contribution in [1.82, 2.24) is 0 Å². The van der Waals surface area contributed by atoms with Crippen molar-refractivity contribution in [2.45, 2.75) is 168 Å². The Balaban J connectivity index is 1.37. The van der Waals surface area contributed by atoms with Gasteiger partial charge in [-0.2, -0.15) is 0 Å². The molecule has 0 aliphatic rings. The van der Waals surface area contributed by atoms with Crippen LogP contribution in [0.3, 0.4) is 0 Å². The highest BCUT2D eigenvalue weighted by Crippen LogP contribution is 2.37. The van der Waals surface area contributed by atoms with Crippen molar-refractivity contribution >= 4 is 87.0 Å². The molecule has 0 aliphatic carbocycles. The molecule has 4 aromatic rings. The molecular formula is C66H94N8O10. The van der Waals surface area contributed by atoms with E-state index in [4.69, 9.17) is 22.9 Å². The van der Waals surface area contributed by atoms with Crippen molar-refractivity contribution in [1.29, 1.82) is 0 Å². The van der Waals surface area contributed by atoms with Gasteiger partial charge in [-0.15, -0.1) is 6.58 Å². The van der Waals surface area contributed by atoms with E-state index in [1.54, 1.807) is 110 Å². The van der Waals surface area contributed by atoms with Crippen LogP contribution in [0.2, 0.25) is 0 Å². The zero-order chi connectivity index (χ0) is 61.4. The van der Waals surface area contributed by atoms with E-state index in [9.17, 15) is 48.9 Å². The second kappa shape index (κ2) is 36.6. The molecule has 0 saturated heterocycles. The monoisotopic (exact) mass is 1160 g/mol. The summed E-state index contributed by atoms with van der Waals surface area (Å²) >= 11 is 0. The first-order chi connectivity index (χ1) is 40.2. The number of amides is 4. The average molecular weight is 1160 g/mol. The minimum Gasteiger partial charge on any atom is -0.481 e. The van der Waals surface area contributed by atoms with E-state index < -0.39 is 58.8 Å². The first-order valence-corrected chi connectivity index (χ1v) is 30.1. The van der Waals surface area contributed by atoms with Crippen molar-refractivity contribution in [3.8, 4) is 0 Å². The van der Waals surface area contributed by atoms with E-state index >= 15 is 0 Å². The van der Waals surface area contributed by atoms with Crippen LogP contribution in [0.4, 0.5) is 45.5 Å². The molecule has 4 rings (SSSR count). The molecule has 18 heteroatoms. The summed E-state index contributed by atoms with van der Waals surface area (Å²) in [6.07, 6.45) is 14.4. The summed E-state index contributed by atoms with van der Waals surface area (Å²) in [5, 5.41) is 42.3. The Morgan fingerprint density at radius 3 is 1.37 bits per heavy atom. The number of allylic oxidation sites excluding steroid dienone is 1. The van der Waals surface area contributed by atoms with Gasteiger partial charge in [-0.1, -0.05) is 121 Å². The van der Waals surface area contributed by atoms with Crippen LogP contribution in [0.1, 0.15) is 168 Å². The van der Waals surface area contributed by atoms with E-state index in [0.29, 0.717) is 161 Å². The van der Waals surface area contributed by atoms with E-state index in [1.807, 2.05) is 6.92 Å². The third-order valence-corrected chi connectivity index (χ3v) is 16.0. The molecule has 0 heterocycles. The van der Waals surface area contributed by atoms with Crippen LogP contribution in [0.15, 0.2) is 110 Å². The van der Waals surface area contributed by atoms with Gasteiger partial charge in [0.2, 0.25) is 23.6 Å². The first-order valence-electron chi connectivity index (χ1n) is 30.1. The fourth-order valence-corrected chi connectivity index (χ4v) is 11.3. The first kappa shape index (κ1) is 68.6. The van der Waals surface area contributed by atoms with Crippen molar-refractivity contribution in [2.24, 2.45) is 40.9 Å². The molecule has 0 bridgehead atoms. The molecule has 4 aromatic carbocycles. The number of nitrogens with two attached hydrogens (primary N) is 4. The zero-order valence-corrected chi connectivity index (χ0v) is 49.5. The molecule has 0 aliphatic heterocycles. The summed E-state index contributed by atoms with van der Waals surface area (Å²) in [6.45, 7) is 7.51. The quantitative estimate of drug-likeness (QED) is 0.0112. The van der Waals surface area contributed by atoms with Crippen molar-refractivity contribution in [3.05, 3.63) is 110 Å². The summed E-state index contributed by atoms with van der Waals surface area (Å²) in [4.78, 5) is 92.9. The largest absolute Gasteiger partial charge is 0.481 e. The summed E-state index contributed by atoms with van der Waals surface area (Å²) in [5.41, 5.74) is 27.1. The van der Waals surface area contributed by atoms with E-state index in [2.05, 4.69) is 27.8 Å². The van der Waals surface area contributed by atoms with Crippen molar-refractivity contribution < 1.29 is 48.9 Å². The number of carboxylic acid groups (broad SMARTS) is 3. The smallest absolute Gasteiger partial charge is 0.306 e. The maximum Gasteiger partial charge on any atom is 0.306 e. The normalized spacial score (nSPS) is 14.1. The molecule has 0 aromatic heterocycles. The number of nitrogen functional groups attached to an aromatic ring is 4. The molecule has 458 valence electrons. The van der Waals surface area contributed by atoms with E-state index in [-0.39, 0.29) is 42.9 Å². The number of nitrogens with one attached hydrogen (secondary N) is 4. The number of carbonyl (C=O) groups is 7. The molecular weight excluding hydrogens is 1060 g/mol. The Bertz CT molecular complexity index is 2750. The Hall–Kier alpha value is -7.89. The van der Waals surface area contributed by atoms with Gasteiger partial charge >= 0.3 is 17.9 Å². The molecule has 0 fully saturated rings. The van der Waals surface area contributed by atoms with Gasteiger partial charge < -0.3 is 59.5 Å². The highest BCUT2D eigenvalue weighted by molar-refractivity contribution is 5.97. The van der Waals surface area contributed by atoms with Gasteiger partial charge in [0.1, 0.15) is 0 Å². The third kappa shape index (κ3) is 25.3. The molecule has 7 unspecified atom stereocenters. The lowest BCUT2D eigenvalue weighted by Gasteiger charge is -2.31. The molecule has 18 nitrogen and oxygen atoms in total. The van der Waals surface area contributed by atoms with Gasteiger partial charge in [-0.05, 0) is 149 Å². The minimum absolute atomic E-state index is 0.0239. The molecule has 0 spiro atoms. The van der Waals surface area contributed by atoms with Gasteiger partial charge in [-0.25, -0.2) is 0 Å². The summed E-state index contributed by atoms with van der Waals surface area (Å²) in [6, 6.07) is 27.4. The molecule has 0 saturated carbocycles. The highest BCUT2D eigenvalue weighted by Gasteiger charge is 2.38. The number of hydrogen-bond donors (Lipinski definition) is 11. The second-order valence-electron chi connectivity index (χ2n) is 23.1. The number of carboxylic acids is 3. The maximum atomic E-state index is 14.5. The van der Waals surface area contributed by atoms with Crippen molar-refractivity contribution in [2.75, 3.05) is 44.2 Å². The van der Waals surface area contributed by atoms with Crippen LogP contribution in [0.5, 0.6) is 0 Å². The Kier molecular flexibility index (Phi) is 29.9. The molecule has 15 N–H and O–H groups in total. The zero-order valence-electron chi connectivity index (χ0n) is 49.5. The van der Waals surface area contributed by atoms with E-state index in [1.165, 1.54) is 0 Å². The number of aliphatic carboxylic acids is 3. The third-order valence-electron chi connectivity index (χ3n) is 16.0. The number of hydrogen-bond acceptors (Lipinski definition) is 11. The SMILES string of the molecule is C=CCCC(C)(CC(CCCCCCCC(CCCCCC(CC(=O)Nc1cccc(N)c1)C(CCCCCC(CC(CCC)C(=O)O)C(=O)Nc1cccc(N)c1)C(=O)Nc1cccc(N)c1)C(=O)O)C(=O)O)C(=O)Nc1cccc(N)c1. The molecule has 4 amide bonds. The van der Waals surface area contributed by atoms with Crippen LogP contribution in [-0.2, 0) is 33.6 Å². The van der Waals surface area contributed by atoms with Gasteiger partial charge in [0.15, 0.2) is 0 Å². The molecule has 7 atom stereocenters. The van der Waals surface area contributed by atoms with E-state index in [0.717, 1.165) is 19.3 Å². The van der Waals surface area contributed by atoms with Crippen LogP contribution >= 0.6 is 0 Å². The summed E-state index contributed by atoms with van der Waals surface area (Å²) in [7, 11) is 0. The minimum atomic E-state index is -0.955. The average Bonchev–Trinajstić information content (AvgIpc) is 3.46. The summed E-state index contributed by atoms with van der Waals surface area (Å²) < 4.78 is 0. The number of benzene rings is 4. The lowest BCUT2D eigenvalue weighted by Crippen LogP contribution is -2.37. The Morgan fingerprint density at radius 1 is 0.500 bits per heavy atom. The lowest BCUT2D eigenvalue weighted by atomic mass is 9.75. The van der Waals surface area contributed by atoms with Crippen LogP contribution in [-0.4, -0.2) is 56.9 Å². The molecule has 0 radical (unpaired) electrons. The van der Waals surface area contributed by atoms with Gasteiger partial charge in [0.05, 0.1) is 17.8 Å². The van der Waals surface area contributed by atoms with Gasteiger partial charge in [-0.3, -0.25) is 33.6 Å². The fraction of sp³-hybridized carbons (Fsp3) is 0.500. The van der Waals surface area contributed by atoms with Gasteiger partial charge in [0.25, 0.3) is 0 Å². The lowest BCUT2D eigenvalue weighted by molar-refractivity contribution is -0.145. The van der Waals surface area contributed by atoms with Gasteiger partial charge in [0, 0.05) is 69.2 Å². The molecule has 84 heavy (non-hydrogen) atoms. The summed E-state index contributed by atoms with van der Waals surface area (Å²) in [5.74, 6) is -7.44. The second-order valence-corrected chi connectivity index (χ2v) is 23.1. The van der Waals surface area contributed by atoms with Crippen molar-refractivity contribution in [3.63, 3.8) is 0 Å². The maximum absolute atomic E-state index is 14.5. The Morgan fingerprint density at radius 2 is 0.905 bits per heavy atom. The number of anilines is 8.